The topological polar surface area (TPSA) is 99.6 Å². The van der Waals surface area contributed by atoms with E-state index in [2.05, 4.69) is 5.32 Å². The van der Waals surface area contributed by atoms with Crippen molar-refractivity contribution in [3.63, 3.8) is 0 Å². The summed E-state index contributed by atoms with van der Waals surface area (Å²) in [6.45, 7) is 5.54. The number of hydrogen-bond acceptors (Lipinski definition) is 6. The van der Waals surface area contributed by atoms with Gasteiger partial charge in [-0.2, -0.15) is 0 Å². The molecule has 0 aliphatic rings. The van der Waals surface area contributed by atoms with Crippen LogP contribution in [-0.4, -0.2) is 32.3 Å². The highest BCUT2D eigenvalue weighted by molar-refractivity contribution is 7.19. The molecule has 114 valence electrons. The monoisotopic (exact) mass is 301 g/mol. The van der Waals surface area contributed by atoms with Crippen molar-refractivity contribution < 1.29 is 14.3 Å². The number of hydrogen-bond donors (Lipinski definition) is 3. The maximum absolute atomic E-state index is 11.2. The van der Waals surface area contributed by atoms with Crippen LogP contribution in [0.1, 0.15) is 36.4 Å². The van der Waals surface area contributed by atoms with Crippen LogP contribution < -0.4 is 21.5 Å². The van der Waals surface area contributed by atoms with Gasteiger partial charge in [-0.3, -0.25) is 4.79 Å². The minimum Gasteiger partial charge on any atom is -0.492 e. The normalized spacial score (nSPS) is 10.8. The maximum Gasteiger partial charge on any atom is 0.261 e. The average molecular weight is 301 g/mol. The molecule has 1 amide bonds. The third-order valence-corrected chi connectivity index (χ3v) is 3.79. The van der Waals surface area contributed by atoms with Crippen molar-refractivity contribution >= 4 is 27.9 Å². The second kappa shape index (κ2) is 7.96. The predicted molar refractivity (Wildman–Crippen MR) is 82.6 cm³/mol. The summed E-state index contributed by atoms with van der Waals surface area (Å²) in [6.07, 6.45) is 2.19. The smallest absolute Gasteiger partial charge is 0.261 e. The first kappa shape index (κ1) is 16.6. The summed E-state index contributed by atoms with van der Waals surface area (Å²) in [6, 6.07) is 0. The summed E-state index contributed by atoms with van der Waals surface area (Å²) in [5.74, 6) is -0.0496. The summed E-state index contributed by atoms with van der Waals surface area (Å²) in [4.78, 5) is 11.6. The minimum absolute atomic E-state index is 0.262. The second-order valence-electron chi connectivity index (χ2n) is 4.62. The second-order valence-corrected chi connectivity index (χ2v) is 5.65. The van der Waals surface area contributed by atoms with E-state index in [4.69, 9.17) is 20.9 Å². The molecule has 1 heterocycles. The van der Waals surface area contributed by atoms with Crippen LogP contribution in [0.4, 0.5) is 10.7 Å². The highest BCUT2D eigenvalue weighted by Gasteiger charge is 2.19. The Kier molecular flexibility index (Phi) is 6.60. The number of carbonyl (C=O) groups excluding carboxylic acids is 1. The van der Waals surface area contributed by atoms with Crippen LogP contribution in [0.15, 0.2) is 0 Å². The Morgan fingerprint density at radius 1 is 1.40 bits per heavy atom. The molecule has 0 spiro atoms. The van der Waals surface area contributed by atoms with E-state index in [1.54, 1.807) is 0 Å². The zero-order valence-corrected chi connectivity index (χ0v) is 13.0. The number of ether oxygens (including phenoxy) is 2. The van der Waals surface area contributed by atoms with Crippen molar-refractivity contribution in [2.24, 2.45) is 5.73 Å². The van der Waals surface area contributed by atoms with Crippen molar-refractivity contribution in [1.82, 2.24) is 0 Å². The number of amides is 1. The lowest BCUT2D eigenvalue weighted by Crippen LogP contribution is -2.10. The van der Waals surface area contributed by atoms with E-state index in [0.29, 0.717) is 16.3 Å². The van der Waals surface area contributed by atoms with Crippen LogP contribution in [0.2, 0.25) is 0 Å². The molecule has 0 aliphatic heterocycles. The highest BCUT2D eigenvalue weighted by Crippen LogP contribution is 2.42. The minimum atomic E-state index is -0.538. The molecule has 0 aliphatic carbocycles. The number of nitrogens with one attached hydrogen (secondary N) is 1. The number of primary amides is 1. The molecule has 0 bridgehead atoms. The van der Waals surface area contributed by atoms with Gasteiger partial charge in [-0.05, 0) is 26.7 Å². The molecular formula is C13H23N3O3S. The molecule has 0 saturated heterocycles. The van der Waals surface area contributed by atoms with Crippen molar-refractivity contribution in [1.29, 1.82) is 0 Å². The number of nitrogen functional groups attached to an aromatic ring is 1. The Labute approximate surface area is 123 Å². The summed E-state index contributed by atoms with van der Waals surface area (Å²) in [5.41, 5.74) is 11.4. The average Bonchev–Trinajstić information content (AvgIpc) is 2.69. The first-order chi connectivity index (χ1) is 9.47. The number of rotatable bonds is 9. The Balaban J connectivity index is 2.47. The van der Waals surface area contributed by atoms with Crippen molar-refractivity contribution in [3.05, 3.63) is 4.88 Å². The van der Waals surface area contributed by atoms with Crippen molar-refractivity contribution in [3.8, 4) is 5.75 Å². The van der Waals surface area contributed by atoms with Crippen LogP contribution in [-0.2, 0) is 4.74 Å². The molecule has 20 heavy (non-hydrogen) atoms. The van der Waals surface area contributed by atoms with E-state index in [9.17, 15) is 4.79 Å². The van der Waals surface area contributed by atoms with Crippen LogP contribution in [0, 0.1) is 0 Å². The van der Waals surface area contributed by atoms with E-state index < -0.39 is 5.91 Å². The van der Waals surface area contributed by atoms with E-state index in [1.165, 1.54) is 18.4 Å². The summed E-state index contributed by atoms with van der Waals surface area (Å²) >= 11 is 1.22. The molecule has 0 unspecified atom stereocenters. The van der Waals surface area contributed by atoms with Gasteiger partial charge in [-0.25, -0.2) is 0 Å². The molecule has 1 aromatic rings. The van der Waals surface area contributed by atoms with E-state index in [-0.39, 0.29) is 6.10 Å². The van der Waals surface area contributed by atoms with Gasteiger partial charge < -0.3 is 26.3 Å². The number of thiophene rings is 1. The summed E-state index contributed by atoms with van der Waals surface area (Å²) in [7, 11) is 1.52. The quantitative estimate of drug-likeness (QED) is 0.606. The first-order valence-electron chi connectivity index (χ1n) is 6.58. The Morgan fingerprint density at radius 3 is 2.65 bits per heavy atom. The number of methoxy groups -OCH3 is 1. The Morgan fingerprint density at radius 2 is 2.10 bits per heavy atom. The molecule has 5 N–H and O–H groups in total. The summed E-state index contributed by atoms with van der Waals surface area (Å²) in [5, 5.41) is 3.96. The lowest BCUT2D eigenvalue weighted by molar-refractivity contribution is 0.0765. The fourth-order valence-electron chi connectivity index (χ4n) is 1.68. The zero-order valence-electron chi connectivity index (χ0n) is 12.2. The molecule has 6 nitrogen and oxygen atoms in total. The van der Waals surface area contributed by atoms with Gasteiger partial charge in [-0.1, -0.05) is 0 Å². The van der Waals surface area contributed by atoms with E-state index in [1.807, 2.05) is 13.8 Å². The van der Waals surface area contributed by atoms with Crippen molar-refractivity contribution in [2.75, 3.05) is 31.3 Å². The zero-order chi connectivity index (χ0) is 15.1. The van der Waals surface area contributed by atoms with Crippen molar-refractivity contribution in [2.45, 2.75) is 32.8 Å². The molecule has 7 heteroatoms. The predicted octanol–water partition coefficient (Wildman–Crippen LogP) is 2.05. The maximum atomic E-state index is 11.2. The van der Waals surface area contributed by atoms with Gasteiger partial charge in [0.15, 0.2) is 5.75 Å². The van der Waals surface area contributed by atoms with Crippen LogP contribution >= 0.6 is 11.3 Å². The third-order valence-electron chi connectivity index (χ3n) is 2.64. The lowest BCUT2D eigenvalue weighted by atomic mass is 10.3. The SMILES string of the molecule is COc1c(NCCCCOC(C)C)sc(C(N)=O)c1N. The standard InChI is InChI=1S/C13H23N3O3S/c1-8(2)19-7-5-4-6-16-13-10(18-3)9(14)11(20-13)12(15)17/h8,16H,4-7,14H2,1-3H3,(H2,15,17). The van der Waals surface area contributed by atoms with Gasteiger partial charge in [0.2, 0.25) is 0 Å². The molecule has 0 aromatic carbocycles. The Bertz CT molecular complexity index is 446. The van der Waals surface area contributed by atoms with Gasteiger partial charge in [0.1, 0.15) is 15.6 Å². The van der Waals surface area contributed by atoms with E-state index in [0.717, 1.165) is 31.0 Å². The van der Waals surface area contributed by atoms with Gasteiger partial charge in [0, 0.05) is 13.2 Å². The van der Waals surface area contributed by atoms with Gasteiger partial charge in [0.05, 0.1) is 13.2 Å². The fraction of sp³-hybridized carbons (Fsp3) is 0.615. The number of nitrogens with two attached hydrogens (primary N) is 2. The van der Waals surface area contributed by atoms with Crippen LogP contribution in [0.3, 0.4) is 0 Å². The largest absolute Gasteiger partial charge is 0.492 e. The van der Waals surface area contributed by atoms with Gasteiger partial charge >= 0.3 is 0 Å². The number of anilines is 2. The molecule has 0 radical (unpaired) electrons. The van der Waals surface area contributed by atoms with Crippen LogP contribution in [0.25, 0.3) is 0 Å². The number of unbranched alkanes of at least 4 members (excludes halogenated alkanes) is 1. The lowest BCUT2D eigenvalue weighted by Gasteiger charge is -2.08. The van der Waals surface area contributed by atoms with Gasteiger partial charge in [0.25, 0.3) is 5.91 Å². The number of carbonyl (C=O) groups is 1. The highest BCUT2D eigenvalue weighted by atomic mass is 32.1. The van der Waals surface area contributed by atoms with E-state index >= 15 is 0 Å². The molecule has 0 fully saturated rings. The van der Waals surface area contributed by atoms with Gasteiger partial charge in [-0.15, -0.1) is 11.3 Å². The third kappa shape index (κ3) is 4.57. The van der Waals surface area contributed by atoms with Crippen LogP contribution in [0.5, 0.6) is 5.75 Å². The molecule has 0 atom stereocenters. The molecule has 1 rings (SSSR count). The molecular weight excluding hydrogens is 278 g/mol. The Hall–Kier alpha value is -1.47. The molecule has 1 aromatic heterocycles. The first-order valence-corrected chi connectivity index (χ1v) is 7.40. The molecule has 0 saturated carbocycles. The summed E-state index contributed by atoms with van der Waals surface area (Å²) < 4.78 is 10.7. The fourth-order valence-corrected chi connectivity index (χ4v) is 2.65.